The fourth-order valence-corrected chi connectivity index (χ4v) is 3.03. The summed E-state index contributed by atoms with van der Waals surface area (Å²) in [4.78, 5) is 10.0. The van der Waals surface area contributed by atoms with Crippen LogP contribution in [-0.4, -0.2) is 27.5 Å². The molecule has 2 aromatic carbocycles. The van der Waals surface area contributed by atoms with Gasteiger partial charge in [0.1, 0.15) is 5.75 Å². The lowest BCUT2D eigenvalue weighted by atomic mass is 10.3. The molecular formula is C14H14N2O5S. The minimum atomic E-state index is -3.80. The lowest BCUT2D eigenvalue weighted by Crippen LogP contribution is -2.26. The molecule has 0 bridgehead atoms. The largest absolute Gasteiger partial charge is 0.497 e. The predicted molar refractivity (Wildman–Crippen MR) is 81.7 cm³/mol. The van der Waals surface area contributed by atoms with Crippen LogP contribution >= 0.6 is 0 Å². The first kappa shape index (κ1) is 15.8. The molecule has 0 atom stereocenters. The topological polar surface area (TPSA) is 89.8 Å². The van der Waals surface area contributed by atoms with E-state index in [1.54, 1.807) is 24.3 Å². The second kappa shape index (κ2) is 6.02. The molecule has 0 fully saturated rings. The third kappa shape index (κ3) is 3.01. The number of anilines is 1. The van der Waals surface area contributed by atoms with Gasteiger partial charge < -0.3 is 4.74 Å². The van der Waals surface area contributed by atoms with Crippen LogP contribution < -0.4 is 9.04 Å². The third-order valence-corrected chi connectivity index (χ3v) is 4.92. The van der Waals surface area contributed by atoms with E-state index < -0.39 is 14.9 Å². The molecule has 0 aliphatic rings. The molecule has 22 heavy (non-hydrogen) atoms. The van der Waals surface area contributed by atoms with E-state index in [9.17, 15) is 18.5 Å². The van der Waals surface area contributed by atoms with E-state index in [4.69, 9.17) is 4.74 Å². The molecule has 0 spiro atoms. The van der Waals surface area contributed by atoms with Crippen molar-refractivity contribution >= 4 is 21.4 Å². The Bertz CT molecular complexity index is 787. The molecule has 0 aliphatic carbocycles. The lowest BCUT2D eigenvalue weighted by molar-refractivity contribution is -0.384. The number of nitro benzene ring substituents is 1. The Balaban J connectivity index is 2.38. The SMILES string of the molecule is COc1cccc(N(C)S(=O)(=O)c2ccc([N+](=O)[O-])cc2)c1. The van der Waals surface area contributed by atoms with Crippen LogP contribution in [0.3, 0.4) is 0 Å². The lowest BCUT2D eigenvalue weighted by Gasteiger charge is -2.20. The fraction of sp³-hybridized carbons (Fsp3) is 0.143. The number of sulfonamides is 1. The summed E-state index contributed by atoms with van der Waals surface area (Å²) in [6.45, 7) is 0. The molecule has 0 saturated carbocycles. The van der Waals surface area contributed by atoms with Crippen molar-refractivity contribution in [1.82, 2.24) is 0 Å². The normalized spacial score (nSPS) is 11.0. The van der Waals surface area contributed by atoms with Gasteiger partial charge in [-0.05, 0) is 24.3 Å². The Labute approximate surface area is 128 Å². The molecule has 2 aromatic rings. The maximum atomic E-state index is 12.5. The van der Waals surface area contributed by atoms with E-state index in [-0.39, 0.29) is 10.6 Å². The first-order valence-corrected chi connectivity index (χ1v) is 7.67. The summed E-state index contributed by atoms with van der Waals surface area (Å²) in [6.07, 6.45) is 0. The van der Waals surface area contributed by atoms with E-state index in [1.165, 1.54) is 26.3 Å². The van der Waals surface area contributed by atoms with Crippen LogP contribution in [0.5, 0.6) is 5.75 Å². The number of nitro groups is 1. The Kier molecular flexibility index (Phi) is 4.32. The van der Waals surface area contributed by atoms with E-state index in [0.29, 0.717) is 11.4 Å². The maximum Gasteiger partial charge on any atom is 0.269 e. The molecular weight excluding hydrogens is 308 g/mol. The van der Waals surface area contributed by atoms with Crippen molar-refractivity contribution in [2.45, 2.75) is 4.90 Å². The smallest absolute Gasteiger partial charge is 0.269 e. The zero-order chi connectivity index (χ0) is 16.3. The van der Waals surface area contributed by atoms with E-state index >= 15 is 0 Å². The van der Waals surface area contributed by atoms with Gasteiger partial charge in [0.05, 0.1) is 22.6 Å². The number of rotatable bonds is 5. The Morgan fingerprint density at radius 1 is 1.14 bits per heavy atom. The Hall–Kier alpha value is -2.61. The first-order valence-electron chi connectivity index (χ1n) is 6.23. The average Bonchev–Trinajstić information content (AvgIpc) is 2.54. The molecule has 0 radical (unpaired) electrons. The minimum absolute atomic E-state index is 0.0246. The summed E-state index contributed by atoms with van der Waals surface area (Å²) in [5.74, 6) is 0.531. The number of benzene rings is 2. The van der Waals surface area contributed by atoms with E-state index in [2.05, 4.69) is 0 Å². The second-order valence-corrected chi connectivity index (χ2v) is 6.39. The minimum Gasteiger partial charge on any atom is -0.497 e. The number of hydrogen-bond donors (Lipinski definition) is 0. The fourth-order valence-electron chi connectivity index (χ4n) is 1.84. The van der Waals surface area contributed by atoms with Crippen molar-refractivity contribution in [1.29, 1.82) is 0 Å². The summed E-state index contributed by atoms with van der Waals surface area (Å²) in [5.41, 5.74) is 0.265. The van der Waals surface area contributed by atoms with Crippen molar-refractivity contribution < 1.29 is 18.1 Å². The quantitative estimate of drug-likeness (QED) is 0.623. The van der Waals surface area contributed by atoms with Gasteiger partial charge in [-0.15, -0.1) is 0 Å². The van der Waals surface area contributed by atoms with Gasteiger partial charge in [0.2, 0.25) is 0 Å². The molecule has 0 unspecified atom stereocenters. The highest BCUT2D eigenvalue weighted by Crippen LogP contribution is 2.26. The first-order chi connectivity index (χ1) is 10.4. The van der Waals surface area contributed by atoms with Gasteiger partial charge in [-0.1, -0.05) is 6.07 Å². The van der Waals surface area contributed by atoms with Crippen molar-refractivity contribution in [3.63, 3.8) is 0 Å². The van der Waals surface area contributed by atoms with Crippen LogP contribution in [0, 0.1) is 10.1 Å². The number of ether oxygens (including phenoxy) is 1. The molecule has 0 amide bonds. The van der Waals surface area contributed by atoms with Crippen LogP contribution in [0.4, 0.5) is 11.4 Å². The molecule has 8 heteroatoms. The highest BCUT2D eigenvalue weighted by Gasteiger charge is 2.22. The second-order valence-electron chi connectivity index (χ2n) is 4.43. The van der Waals surface area contributed by atoms with Gasteiger partial charge in [0, 0.05) is 25.2 Å². The molecule has 0 heterocycles. The summed E-state index contributed by atoms with van der Waals surface area (Å²) in [5, 5.41) is 10.6. The molecule has 2 rings (SSSR count). The molecule has 116 valence electrons. The number of methoxy groups -OCH3 is 1. The van der Waals surface area contributed by atoms with Gasteiger partial charge in [0.25, 0.3) is 15.7 Å². The number of nitrogens with zero attached hydrogens (tertiary/aromatic N) is 2. The van der Waals surface area contributed by atoms with Gasteiger partial charge in [-0.3, -0.25) is 14.4 Å². The summed E-state index contributed by atoms with van der Waals surface area (Å²) in [7, 11) is -0.906. The Morgan fingerprint density at radius 3 is 2.32 bits per heavy atom. The van der Waals surface area contributed by atoms with E-state index in [1.807, 2.05) is 0 Å². The van der Waals surface area contributed by atoms with Gasteiger partial charge in [-0.2, -0.15) is 0 Å². The standard InChI is InChI=1S/C14H14N2O5S/c1-15(12-4-3-5-13(10-12)21-2)22(19,20)14-8-6-11(7-9-14)16(17)18/h3-10H,1-2H3. The van der Waals surface area contributed by atoms with Crippen molar-refractivity contribution in [2.75, 3.05) is 18.5 Å². The van der Waals surface area contributed by atoms with Gasteiger partial charge in [-0.25, -0.2) is 8.42 Å². The molecule has 0 saturated heterocycles. The highest BCUT2D eigenvalue weighted by atomic mass is 32.2. The van der Waals surface area contributed by atoms with Gasteiger partial charge >= 0.3 is 0 Å². The Morgan fingerprint density at radius 2 is 1.77 bits per heavy atom. The van der Waals surface area contributed by atoms with E-state index in [0.717, 1.165) is 16.4 Å². The summed E-state index contributed by atoms with van der Waals surface area (Å²) < 4.78 is 31.2. The van der Waals surface area contributed by atoms with Crippen molar-refractivity contribution in [3.8, 4) is 5.75 Å². The molecule has 7 nitrogen and oxygen atoms in total. The molecule has 0 aromatic heterocycles. The maximum absolute atomic E-state index is 12.5. The van der Waals surface area contributed by atoms with Gasteiger partial charge in [0.15, 0.2) is 0 Å². The summed E-state index contributed by atoms with van der Waals surface area (Å²) >= 11 is 0. The van der Waals surface area contributed by atoms with Crippen LogP contribution in [0.1, 0.15) is 0 Å². The van der Waals surface area contributed by atoms with Crippen LogP contribution in [-0.2, 0) is 10.0 Å². The molecule has 0 aliphatic heterocycles. The summed E-state index contributed by atoms with van der Waals surface area (Å²) in [6, 6.07) is 11.3. The third-order valence-electron chi connectivity index (χ3n) is 3.12. The monoisotopic (exact) mass is 322 g/mol. The van der Waals surface area contributed by atoms with Crippen LogP contribution in [0.15, 0.2) is 53.4 Å². The zero-order valence-electron chi connectivity index (χ0n) is 12.0. The van der Waals surface area contributed by atoms with Crippen LogP contribution in [0.2, 0.25) is 0 Å². The number of non-ortho nitro benzene ring substituents is 1. The highest BCUT2D eigenvalue weighted by molar-refractivity contribution is 7.92. The van der Waals surface area contributed by atoms with Crippen molar-refractivity contribution in [2.24, 2.45) is 0 Å². The zero-order valence-corrected chi connectivity index (χ0v) is 12.8. The molecule has 0 N–H and O–H groups in total. The number of hydrogen-bond acceptors (Lipinski definition) is 5. The van der Waals surface area contributed by atoms with Crippen LogP contribution in [0.25, 0.3) is 0 Å². The van der Waals surface area contributed by atoms with Crippen molar-refractivity contribution in [3.05, 3.63) is 58.6 Å². The average molecular weight is 322 g/mol. The predicted octanol–water partition coefficient (Wildman–Crippen LogP) is 2.43.